The number of nitrogens with two attached hydrogens (primary N) is 1. The highest BCUT2D eigenvalue weighted by molar-refractivity contribution is 7.89. The Labute approximate surface area is 232 Å². The highest BCUT2D eigenvalue weighted by Gasteiger charge is 2.35. The van der Waals surface area contributed by atoms with Gasteiger partial charge in [0, 0.05) is 21.9 Å². The van der Waals surface area contributed by atoms with Gasteiger partial charge >= 0.3 is 12.3 Å². The topological polar surface area (TPSA) is 132 Å². The van der Waals surface area contributed by atoms with E-state index < -0.39 is 32.8 Å². The van der Waals surface area contributed by atoms with Crippen LogP contribution >= 0.6 is 0 Å². The van der Waals surface area contributed by atoms with E-state index in [4.69, 9.17) is 14.6 Å². The zero-order valence-corrected chi connectivity index (χ0v) is 22.1. The van der Waals surface area contributed by atoms with Gasteiger partial charge in [-0.3, -0.25) is 0 Å². The number of hydrogen-bond donors (Lipinski definition) is 3. The summed E-state index contributed by atoms with van der Waals surface area (Å²) >= 11 is 0. The predicted molar refractivity (Wildman–Crippen MR) is 147 cm³/mol. The monoisotopic (exact) mass is 584 g/mol. The molecule has 0 aliphatic heterocycles. The molecule has 12 heteroatoms. The number of sulfonamides is 1. The number of ether oxygens (including phenoxy) is 2. The van der Waals surface area contributed by atoms with Crippen molar-refractivity contribution in [2.45, 2.75) is 23.9 Å². The fourth-order valence-corrected chi connectivity index (χ4v) is 5.36. The number of aryl methyl sites for hydroxylation is 1. The van der Waals surface area contributed by atoms with E-state index in [1.54, 1.807) is 6.07 Å². The van der Waals surface area contributed by atoms with E-state index in [1.807, 2.05) is 42.5 Å². The molecule has 212 valence electrons. The average Bonchev–Trinajstić information content (AvgIpc) is 3.26. The van der Waals surface area contributed by atoms with Gasteiger partial charge in [0.25, 0.3) is 0 Å². The molecular weight excluding hydrogens is 561 g/mol. The molecule has 0 unspecified atom stereocenters. The first kappa shape index (κ1) is 28.0. The first-order chi connectivity index (χ1) is 19.4. The summed E-state index contributed by atoms with van der Waals surface area (Å²) in [6.07, 6.45) is -5.78. The van der Waals surface area contributed by atoms with Gasteiger partial charge in [-0.05, 0) is 42.0 Å². The minimum atomic E-state index is -4.91. The number of aromatic amines is 1. The van der Waals surface area contributed by atoms with Crippen molar-refractivity contribution in [3.05, 3.63) is 90.0 Å². The zero-order valence-electron chi connectivity index (χ0n) is 21.2. The molecule has 41 heavy (non-hydrogen) atoms. The number of carbonyl (C=O) groups is 1. The molecule has 1 aromatic heterocycles. The van der Waals surface area contributed by atoms with Gasteiger partial charge in [-0.1, -0.05) is 60.7 Å². The highest BCUT2D eigenvalue weighted by atomic mass is 32.2. The van der Waals surface area contributed by atoms with E-state index in [9.17, 15) is 31.5 Å². The summed E-state index contributed by atoms with van der Waals surface area (Å²) in [4.78, 5) is 13.6. The van der Waals surface area contributed by atoms with Crippen molar-refractivity contribution in [2.75, 3.05) is 6.61 Å². The second kappa shape index (κ2) is 10.8. The average molecular weight is 585 g/mol. The summed E-state index contributed by atoms with van der Waals surface area (Å²) in [6.45, 7) is 0.278. The summed E-state index contributed by atoms with van der Waals surface area (Å²) in [5.74, 6) is 0.564. The molecule has 4 N–H and O–H groups in total. The summed E-state index contributed by atoms with van der Waals surface area (Å²) in [6, 6.07) is 20.5. The van der Waals surface area contributed by atoms with Gasteiger partial charge in [-0.25, -0.2) is 18.4 Å². The Balaban J connectivity index is 1.50. The number of hydrogen-bond acceptors (Lipinski definition) is 5. The normalized spacial score (nSPS) is 12.1. The fourth-order valence-electron chi connectivity index (χ4n) is 4.82. The van der Waals surface area contributed by atoms with E-state index in [1.165, 1.54) is 12.1 Å². The van der Waals surface area contributed by atoms with Gasteiger partial charge in [-0.15, -0.1) is 0 Å². The van der Waals surface area contributed by atoms with Crippen LogP contribution in [-0.4, -0.2) is 31.3 Å². The van der Waals surface area contributed by atoms with Crippen LogP contribution in [0.3, 0.4) is 0 Å². The van der Waals surface area contributed by atoms with Gasteiger partial charge < -0.3 is 19.6 Å². The van der Waals surface area contributed by atoms with Gasteiger partial charge in [0.1, 0.15) is 5.75 Å². The molecule has 5 rings (SSSR count). The Morgan fingerprint density at radius 2 is 1.63 bits per heavy atom. The van der Waals surface area contributed by atoms with E-state index >= 15 is 0 Å². The molecule has 0 aliphatic rings. The van der Waals surface area contributed by atoms with Crippen molar-refractivity contribution in [3.8, 4) is 22.8 Å². The Kier molecular flexibility index (Phi) is 7.37. The molecule has 0 saturated heterocycles. The van der Waals surface area contributed by atoms with Crippen LogP contribution in [0.5, 0.6) is 11.6 Å². The molecule has 0 bridgehead atoms. The predicted octanol–water partition coefficient (Wildman–Crippen LogP) is 6.72. The number of nitrogens with one attached hydrogen (secondary N) is 1. The third-order valence-electron chi connectivity index (χ3n) is 6.59. The maximum atomic E-state index is 14.0. The molecular formula is C29H23F3N2O6S. The summed E-state index contributed by atoms with van der Waals surface area (Å²) in [7, 11) is -4.39. The molecule has 0 atom stereocenters. The maximum Gasteiger partial charge on any atom is 0.512 e. The van der Waals surface area contributed by atoms with Crippen LogP contribution < -0.4 is 14.6 Å². The maximum absolute atomic E-state index is 14.0. The van der Waals surface area contributed by atoms with Crippen LogP contribution in [0.25, 0.3) is 32.8 Å². The van der Waals surface area contributed by atoms with Gasteiger partial charge in [0.15, 0.2) is 0 Å². The van der Waals surface area contributed by atoms with Crippen molar-refractivity contribution >= 4 is 37.9 Å². The lowest BCUT2D eigenvalue weighted by Crippen LogP contribution is -2.15. The third kappa shape index (κ3) is 5.83. The number of alkyl halides is 3. The second-order valence-corrected chi connectivity index (χ2v) is 10.8. The SMILES string of the molecule is NS(=O)(=O)c1ccc(-c2cccc3c(CCCOc4cccc5ccccc45)c(OC(=O)O)[nH]c23)c(C(F)(F)F)c1. The van der Waals surface area contributed by atoms with Crippen molar-refractivity contribution in [1.82, 2.24) is 4.98 Å². The Morgan fingerprint density at radius 3 is 2.37 bits per heavy atom. The first-order valence-electron chi connectivity index (χ1n) is 12.3. The van der Waals surface area contributed by atoms with Crippen LogP contribution in [0, 0.1) is 0 Å². The van der Waals surface area contributed by atoms with Crippen molar-refractivity contribution in [1.29, 1.82) is 0 Å². The lowest BCUT2D eigenvalue weighted by Gasteiger charge is -2.15. The molecule has 5 aromatic rings. The number of rotatable bonds is 8. The lowest BCUT2D eigenvalue weighted by atomic mass is 9.96. The van der Waals surface area contributed by atoms with Crippen LogP contribution in [-0.2, 0) is 22.6 Å². The van der Waals surface area contributed by atoms with Gasteiger partial charge in [0.05, 0.1) is 22.6 Å². The van der Waals surface area contributed by atoms with Gasteiger partial charge in [0.2, 0.25) is 15.9 Å². The third-order valence-corrected chi connectivity index (χ3v) is 7.50. The Hall–Kier alpha value is -4.55. The van der Waals surface area contributed by atoms with Crippen LogP contribution in [0.4, 0.5) is 18.0 Å². The molecule has 0 fully saturated rings. The molecule has 0 saturated carbocycles. The minimum absolute atomic E-state index is 0.0734. The molecule has 4 aromatic carbocycles. The smallest absolute Gasteiger partial charge is 0.493 e. The fraction of sp³-hybridized carbons (Fsp3) is 0.138. The van der Waals surface area contributed by atoms with Crippen molar-refractivity contribution in [3.63, 3.8) is 0 Å². The Bertz CT molecular complexity index is 1880. The highest BCUT2D eigenvalue weighted by Crippen LogP contribution is 2.42. The number of H-pyrrole nitrogens is 1. The number of para-hydroxylation sites is 1. The lowest BCUT2D eigenvalue weighted by molar-refractivity contribution is -0.137. The van der Waals surface area contributed by atoms with Crippen molar-refractivity contribution in [2.24, 2.45) is 5.14 Å². The number of aromatic nitrogens is 1. The van der Waals surface area contributed by atoms with Crippen LogP contribution in [0.1, 0.15) is 17.5 Å². The van der Waals surface area contributed by atoms with E-state index in [0.29, 0.717) is 29.2 Å². The van der Waals surface area contributed by atoms with Crippen LogP contribution in [0.15, 0.2) is 83.8 Å². The van der Waals surface area contributed by atoms with E-state index in [0.717, 1.165) is 22.9 Å². The largest absolute Gasteiger partial charge is 0.512 e. The number of fused-ring (bicyclic) bond motifs is 2. The standard InChI is InChI=1S/C29H23F3N2O6S/c30-29(31,32)24-16-18(41(33,37)38)13-14-20(24)21-9-4-10-22-23(27(34-26(21)22)40-28(35)36)11-5-15-39-25-12-3-7-17-6-1-2-8-19(17)25/h1-4,6-10,12-14,16,34H,5,11,15H2,(H,35,36)(H2,33,37,38). The molecule has 1 heterocycles. The molecule has 0 spiro atoms. The summed E-state index contributed by atoms with van der Waals surface area (Å²) < 4.78 is 76.5. The minimum Gasteiger partial charge on any atom is -0.493 e. The first-order valence-corrected chi connectivity index (χ1v) is 13.9. The molecule has 0 amide bonds. The molecule has 0 radical (unpaired) electrons. The van der Waals surface area contributed by atoms with Crippen molar-refractivity contribution < 1.29 is 41.0 Å². The zero-order chi connectivity index (χ0) is 29.4. The van der Waals surface area contributed by atoms with Crippen LogP contribution in [0.2, 0.25) is 0 Å². The number of carboxylic acid groups (broad SMARTS) is 1. The number of benzene rings is 4. The van der Waals surface area contributed by atoms with E-state index in [2.05, 4.69) is 4.98 Å². The number of halogens is 3. The quantitative estimate of drug-likeness (QED) is 0.137. The molecule has 0 aliphatic carbocycles. The molecule has 8 nitrogen and oxygen atoms in total. The number of primary sulfonamides is 1. The van der Waals surface area contributed by atoms with Gasteiger partial charge in [-0.2, -0.15) is 13.2 Å². The summed E-state index contributed by atoms with van der Waals surface area (Å²) in [5, 5.41) is 16.8. The second-order valence-electron chi connectivity index (χ2n) is 9.21. The van der Waals surface area contributed by atoms with E-state index in [-0.39, 0.29) is 35.6 Å². The summed E-state index contributed by atoms with van der Waals surface area (Å²) in [5.41, 5.74) is -0.811. The Morgan fingerprint density at radius 1 is 0.927 bits per heavy atom.